The van der Waals surface area contributed by atoms with E-state index in [1.54, 1.807) is 36.4 Å². The second-order valence-corrected chi connectivity index (χ2v) is 2.55. The number of allylic oxidation sites excluding steroid dienone is 1. The molecular formula is C10H6N4O. The molecule has 0 atom stereocenters. The monoisotopic (exact) mass is 198 g/mol. The van der Waals surface area contributed by atoms with E-state index in [4.69, 9.17) is 10.8 Å². The molecule has 0 aliphatic heterocycles. The molecule has 0 aliphatic carbocycles. The smallest absolute Gasteiger partial charge is 0.161 e. The Kier molecular flexibility index (Phi) is 3.66. The molecule has 0 saturated heterocycles. The maximum absolute atomic E-state index is 10.6. The first-order valence-corrected chi connectivity index (χ1v) is 4.03. The van der Waals surface area contributed by atoms with Gasteiger partial charge < -0.3 is 0 Å². The second kappa shape index (κ2) is 5.22. The quantitative estimate of drug-likeness (QED) is 0.186. The van der Waals surface area contributed by atoms with Gasteiger partial charge >= 0.3 is 0 Å². The summed E-state index contributed by atoms with van der Waals surface area (Å²) in [6.45, 7) is 0. The molecule has 0 spiro atoms. The SMILES string of the molecule is N#C/C(C=O)=C(\N=[N+]=[N-])c1ccccc1. The van der Waals surface area contributed by atoms with Crippen molar-refractivity contribution in [2.45, 2.75) is 0 Å². The Morgan fingerprint density at radius 1 is 1.47 bits per heavy atom. The van der Waals surface area contributed by atoms with Crippen molar-refractivity contribution < 1.29 is 4.79 Å². The van der Waals surface area contributed by atoms with Crippen LogP contribution in [0.1, 0.15) is 5.56 Å². The van der Waals surface area contributed by atoms with Crippen molar-refractivity contribution in [3.8, 4) is 6.07 Å². The van der Waals surface area contributed by atoms with Crippen molar-refractivity contribution in [3.05, 3.63) is 51.9 Å². The van der Waals surface area contributed by atoms with Gasteiger partial charge in [0.15, 0.2) is 6.29 Å². The zero-order chi connectivity index (χ0) is 11.1. The predicted octanol–water partition coefficient (Wildman–Crippen LogP) is 2.43. The summed E-state index contributed by atoms with van der Waals surface area (Å²) < 4.78 is 0. The van der Waals surface area contributed by atoms with Gasteiger partial charge in [0.1, 0.15) is 11.6 Å². The van der Waals surface area contributed by atoms with Crippen LogP contribution >= 0.6 is 0 Å². The Bertz CT molecular complexity index is 478. The predicted molar refractivity (Wildman–Crippen MR) is 54.2 cm³/mol. The summed E-state index contributed by atoms with van der Waals surface area (Å²) in [5, 5.41) is 12.0. The molecule has 0 saturated carbocycles. The highest BCUT2D eigenvalue weighted by molar-refractivity contribution is 5.92. The summed E-state index contributed by atoms with van der Waals surface area (Å²) in [7, 11) is 0. The molecule has 72 valence electrons. The third-order valence-electron chi connectivity index (χ3n) is 1.69. The maximum Gasteiger partial charge on any atom is 0.161 e. The molecule has 0 bridgehead atoms. The van der Waals surface area contributed by atoms with Gasteiger partial charge in [-0.25, -0.2) is 0 Å². The van der Waals surface area contributed by atoms with Crippen LogP contribution in [0.15, 0.2) is 41.0 Å². The van der Waals surface area contributed by atoms with E-state index in [1.807, 2.05) is 0 Å². The molecule has 0 amide bonds. The molecule has 15 heavy (non-hydrogen) atoms. The van der Waals surface area contributed by atoms with Crippen LogP contribution in [-0.2, 0) is 4.79 Å². The molecular weight excluding hydrogens is 192 g/mol. The average molecular weight is 198 g/mol. The minimum Gasteiger partial charge on any atom is -0.297 e. The Hall–Kier alpha value is -2.57. The number of carbonyl (C=O) groups excluding carboxylic acids is 1. The number of carbonyl (C=O) groups is 1. The lowest BCUT2D eigenvalue weighted by atomic mass is 10.1. The number of rotatable bonds is 3. The van der Waals surface area contributed by atoms with Gasteiger partial charge in [0.2, 0.25) is 0 Å². The molecule has 0 N–H and O–H groups in total. The van der Waals surface area contributed by atoms with Gasteiger partial charge in [0, 0.05) is 4.91 Å². The lowest BCUT2D eigenvalue weighted by Crippen LogP contribution is -1.88. The van der Waals surface area contributed by atoms with Crippen molar-refractivity contribution in [3.63, 3.8) is 0 Å². The lowest BCUT2D eigenvalue weighted by molar-refractivity contribution is -0.104. The summed E-state index contributed by atoms with van der Waals surface area (Å²) in [6.07, 6.45) is 0.372. The van der Waals surface area contributed by atoms with E-state index in [1.165, 1.54) is 0 Å². The second-order valence-electron chi connectivity index (χ2n) is 2.55. The van der Waals surface area contributed by atoms with Crippen LogP contribution in [0.3, 0.4) is 0 Å². The summed E-state index contributed by atoms with van der Waals surface area (Å²) in [4.78, 5) is 13.1. The first-order valence-electron chi connectivity index (χ1n) is 4.03. The highest BCUT2D eigenvalue weighted by Gasteiger charge is 2.05. The number of benzene rings is 1. The summed E-state index contributed by atoms with van der Waals surface area (Å²) >= 11 is 0. The fourth-order valence-corrected chi connectivity index (χ4v) is 1.04. The Morgan fingerprint density at radius 3 is 2.60 bits per heavy atom. The molecule has 0 fully saturated rings. The van der Waals surface area contributed by atoms with Crippen LogP contribution in [0, 0.1) is 11.3 Å². The van der Waals surface area contributed by atoms with Gasteiger partial charge in [0.25, 0.3) is 0 Å². The van der Waals surface area contributed by atoms with Gasteiger partial charge in [-0.15, -0.1) is 0 Å². The number of aldehydes is 1. The highest BCUT2D eigenvalue weighted by Crippen LogP contribution is 2.18. The van der Waals surface area contributed by atoms with E-state index in [0.717, 1.165) is 0 Å². The van der Waals surface area contributed by atoms with E-state index in [9.17, 15) is 4.79 Å². The molecule has 1 rings (SSSR count). The van der Waals surface area contributed by atoms with E-state index < -0.39 is 0 Å². The molecule has 0 aromatic heterocycles. The third-order valence-corrected chi connectivity index (χ3v) is 1.69. The van der Waals surface area contributed by atoms with Gasteiger partial charge in [-0.1, -0.05) is 35.4 Å². The fourth-order valence-electron chi connectivity index (χ4n) is 1.04. The van der Waals surface area contributed by atoms with Crippen LogP contribution in [0.4, 0.5) is 0 Å². The summed E-state index contributed by atoms with van der Waals surface area (Å²) in [5.41, 5.74) is 8.75. The summed E-state index contributed by atoms with van der Waals surface area (Å²) in [6, 6.07) is 10.2. The van der Waals surface area contributed by atoms with Crippen LogP contribution < -0.4 is 0 Å². The van der Waals surface area contributed by atoms with Crippen LogP contribution in [0.5, 0.6) is 0 Å². The van der Waals surface area contributed by atoms with Gasteiger partial charge in [-0.3, -0.25) is 4.79 Å². The molecule has 5 nitrogen and oxygen atoms in total. The molecule has 0 unspecified atom stereocenters. The van der Waals surface area contributed by atoms with E-state index in [2.05, 4.69) is 10.0 Å². The minimum absolute atomic E-state index is 0.0515. The number of nitriles is 1. The van der Waals surface area contributed by atoms with Crippen molar-refractivity contribution in [1.82, 2.24) is 0 Å². The van der Waals surface area contributed by atoms with E-state index in [0.29, 0.717) is 11.8 Å². The van der Waals surface area contributed by atoms with Crippen LogP contribution in [0.2, 0.25) is 0 Å². The van der Waals surface area contributed by atoms with Gasteiger partial charge in [0.05, 0.1) is 5.70 Å². The van der Waals surface area contributed by atoms with E-state index in [-0.39, 0.29) is 11.3 Å². The molecule has 1 aromatic rings. The van der Waals surface area contributed by atoms with Crippen LogP contribution in [0.25, 0.3) is 16.1 Å². The number of hydrogen-bond acceptors (Lipinski definition) is 3. The molecule has 5 heteroatoms. The van der Waals surface area contributed by atoms with E-state index >= 15 is 0 Å². The van der Waals surface area contributed by atoms with Crippen molar-refractivity contribution in [2.24, 2.45) is 5.11 Å². The third kappa shape index (κ3) is 2.44. The lowest BCUT2D eigenvalue weighted by Gasteiger charge is -1.99. The standard InChI is InChI=1S/C10H6N4O/c11-6-9(7-15)10(13-14-12)8-4-2-1-3-5-8/h1-5,7H/b10-9+. The fraction of sp³-hybridized carbons (Fsp3) is 0. The topological polar surface area (TPSA) is 89.6 Å². The molecule has 0 radical (unpaired) electrons. The average Bonchev–Trinajstić information content (AvgIpc) is 2.30. The molecule has 0 heterocycles. The Morgan fingerprint density at radius 2 is 2.13 bits per heavy atom. The van der Waals surface area contributed by atoms with Crippen LogP contribution in [-0.4, -0.2) is 6.29 Å². The minimum atomic E-state index is -0.181. The summed E-state index contributed by atoms with van der Waals surface area (Å²) in [5.74, 6) is 0. The first-order chi connectivity index (χ1) is 7.33. The van der Waals surface area contributed by atoms with Gasteiger partial charge in [-0.05, 0) is 11.1 Å². The number of hydrogen-bond donors (Lipinski definition) is 0. The highest BCUT2D eigenvalue weighted by atomic mass is 16.1. The maximum atomic E-state index is 10.6. The van der Waals surface area contributed by atoms with Crippen molar-refractivity contribution in [2.75, 3.05) is 0 Å². The largest absolute Gasteiger partial charge is 0.297 e. The first kappa shape index (κ1) is 10.5. The molecule has 1 aromatic carbocycles. The zero-order valence-electron chi connectivity index (χ0n) is 7.66. The van der Waals surface area contributed by atoms with Crippen molar-refractivity contribution >= 4 is 12.0 Å². The zero-order valence-corrected chi connectivity index (χ0v) is 7.66. The Balaban J connectivity index is 3.40. The van der Waals surface area contributed by atoms with Gasteiger partial charge in [-0.2, -0.15) is 5.26 Å². The van der Waals surface area contributed by atoms with Crippen molar-refractivity contribution in [1.29, 1.82) is 5.26 Å². The Labute approximate surface area is 85.9 Å². The number of azide groups is 1. The molecule has 0 aliphatic rings. The number of nitrogens with zero attached hydrogens (tertiary/aromatic N) is 4. The normalized spacial score (nSPS) is 10.6.